The molecule has 0 bridgehead atoms. The van der Waals surface area contributed by atoms with Crippen molar-refractivity contribution in [1.29, 1.82) is 0 Å². The third kappa shape index (κ3) is 5.41. The predicted molar refractivity (Wildman–Crippen MR) is 84.7 cm³/mol. The molecule has 0 radical (unpaired) electrons. The quantitative estimate of drug-likeness (QED) is 0.649. The van der Waals surface area contributed by atoms with Crippen LogP contribution in [0.4, 0.5) is 17.8 Å². The smallest absolute Gasteiger partial charge is 0.242 e. The van der Waals surface area contributed by atoms with Gasteiger partial charge in [-0.25, -0.2) is 0 Å². The predicted octanol–water partition coefficient (Wildman–Crippen LogP) is 0.696. The fraction of sp³-hybridized carbons (Fsp3) is 0.692. The Balaban J connectivity index is 2.89. The van der Waals surface area contributed by atoms with Gasteiger partial charge in [-0.1, -0.05) is 6.92 Å². The molecule has 118 valence electrons. The van der Waals surface area contributed by atoms with Crippen LogP contribution in [0.15, 0.2) is 0 Å². The molecule has 0 aromatic carbocycles. The molecular weight excluding hydrogens is 270 g/mol. The monoisotopic (exact) mass is 295 g/mol. The number of aromatic nitrogens is 3. The summed E-state index contributed by atoms with van der Waals surface area (Å²) in [4.78, 5) is 26.4. The first-order valence-corrected chi connectivity index (χ1v) is 7.19. The highest BCUT2D eigenvalue weighted by molar-refractivity contribution is 5.83. The van der Waals surface area contributed by atoms with Crippen molar-refractivity contribution in [2.45, 2.75) is 33.2 Å². The first-order chi connectivity index (χ1) is 9.97. The standard InChI is InChI=1S/C13H25N7O/c1-6-8-15-11-17-12(19-13(18-11)20(4)5)16-9(3)10(21)14-7-2/h9H,6-8H2,1-5H3,(H,14,21)(H2,15,16,17,18,19). The molecule has 8 nitrogen and oxygen atoms in total. The van der Waals surface area contributed by atoms with E-state index in [-0.39, 0.29) is 5.91 Å². The summed E-state index contributed by atoms with van der Waals surface area (Å²) >= 11 is 0. The van der Waals surface area contributed by atoms with Crippen LogP contribution in [-0.2, 0) is 4.79 Å². The Morgan fingerprint density at radius 3 is 2.43 bits per heavy atom. The van der Waals surface area contributed by atoms with E-state index in [9.17, 15) is 4.79 Å². The summed E-state index contributed by atoms with van der Waals surface area (Å²) in [5.41, 5.74) is 0. The summed E-state index contributed by atoms with van der Waals surface area (Å²) in [7, 11) is 3.71. The van der Waals surface area contributed by atoms with Gasteiger partial charge in [0.2, 0.25) is 23.8 Å². The molecule has 3 N–H and O–H groups in total. The van der Waals surface area contributed by atoms with E-state index in [0.717, 1.165) is 13.0 Å². The molecule has 1 amide bonds. The van der Waals surface area contributed by atoms with E-state index < -0.39 is 6.04 Å². The molecule has 1 unspecified atom stereocenters. The van der Waals surface area contributed by atoms with Gasteiger partial charge in [0.25, 0.3) is 0 Å². The second-order valence-electron chi connectivity index (χ2n) is 4.86. The van der Waals surface area contributed by atoms with Crippen molar-refractivity contribution in [3.05, 3.63) is 0 Å². The van der Waals surface area contributed by atoms with Crippen LogP contribution in [0.1, 0.15) is 27.2 Å². The van der Waals surface area contributed by atoms with Crippen LogP contribution in [-0.4, -0.2) is 54.1 Å². The highest BCUT2D eigenvalue weighted by Crippen LogP contribution is 2.12. The van der Waals surface area contributed by atoms with E-state index in [1.807, 2.05) is 21.0 Å². The van der Waals surface area contributed by atoms with Gasteiger partial charge < -0.3 is 20.9 Å². The van der Waals surface area contributed by atoms with Gasteiger partial charge in [0.15, 0.2) is 0 Å². The number of carbonyl (C=O) groups is 1. The number of hydrogen-bond acceptors (Lipinski definition) is 7. The number of anilines is 3. The molecule has 0 aliphatic carbocycles. The molecule has 1 heterocycles. The average molecular weight is 295 g/mol. The molecule has 0 fully saturated rings. The molecule has 0 aliphatic heterocycles. The van der Waals surface area contributed by atoms with Crippen molar-refractivity contribution in [2.75, 3.05) is 42.7 Å². The third-order valence-corrected chi connectivity index (χ3v) is 2.65. The van der Waals surface area contributed by atoms with Crippen LogP contribution >= 0.6 is 0 Å². The van der Waals surface area contributed by atoms with Crippen molar-refractivity contribution in [3.63, 3.8) is 0 Å². The molecular formula is C13H25N7O. The largest absolute Gasteiger partial charge is 0.355 e. The Morgan fingerprint density at radius 2 is 1.86 bits per heavy atom. The lowest BCUT2D eigenvalue weighted by Crippen LogP contribution is -2.38. The second-order valence-corrected chi connectivity index (χ2v) is 4.86. The molecule has 0 saturated heterocycles. The highest BCUT2D eigenvalue weighted by atomic mass is 16.2. The van der Waals surface area contributed by atoms with Crippen LogP contribution in [0, 0.1) is 0 Å². The van der Waals surface area contributed by atoms with Gasteiger partial charge in [-0.3, -0.25) is 4.79 Å². The summed E-state index contributed by atoms with van der Waals surface area (Å²) in [6.07, 6.45) is 0.973. The van der Waals surface area contributed by atoms with Crippen LogP contribution in [0.25, 0.3) is 0 Å². The number of carbonyl (C=O) groups excluding carboxylic acids is 1. The lowest BCUT2D eigenvalue weighted by atomic mass is 10.3. The molecule has 1 aromatic rings. The topological polar surface area (TPSA) is 95.1 Å². The first kappa shape index (κ1) is 16.9. The Labute approximate surface area is 125 Å². The maximum Gasteiger partial charge on any atom is 0.242 e. The number of nitrogens with one attached hydrogen (secondary N) is 3. The minimum Gasteiger partial charge on any atom is -0.355 e. The van der Waals surface area contributed by atoms with Gasteiger partial charge in [-0.05, 0) is 20.3 Å². The molecule has 1 rings (SSSR count). The molecule has 1 aromatic heterocycles. The minimum absolute atomic E-state index is 0.0904. The summed E-state index contributed by atoms with van der Waals surface area (Å²) in [5, 5.41) is 8.88. The minimum atomic E-state index is -0.415. The van der Waals surface area contributed by atoms with Crippen LogP contribution in [0.5, 0.6) is 0 Å². The third-order valence-electron chi connectivity index (χ3n) is 2.65. The molecule has 0 saturated carbocycles. The van der Waals surface area contributed by atoms with Crippen molar-refractivity contribution in [3.8, 4) is 0 Å². The number of hydrogen-bond donors (Lipinski definition) is 3. The summed E-state index contributed by atoms with van der Waals surface area (Å²) in [5.74, 6) is 1.33. The van der Waals surface area contributed by atoms with Gasteiger partial charge >= 0.3 is 0 Å². The zero-order chi connectivity index (χ0) is 15.8. The van der Waals surface area contributed by atoms with Gasteiger partial charge in [0.1, 0.15) is 6.04 Å². The summed E-state index contributed by atoms with van der Waals surface area (Å²) in [6.45, 7) is 7.08. The maximum absolute atomic E-state index is 11.8. The zero-order valence-electron chi connectivity index (χ0n) is 13.4. The van der Waals surface area contributed by atoms with Gasteiger partial charge in [-0.2, -0.15) is 15.0 Å². The Kier molecular flexibility index (Phi) is 6.64. The Morgan fingerprint density at radius 1 is 1.19 bits per heavy atom. The van der Waals surface area contributed by atoms with Crippen molar-refractivity contribution >= 4 is 23.8 Å². The number of likely N-dealkylation sites (N-methyl/N-ethyl adjacent to an activating group) is 1. The van der Waals surface area contributed by atoms with E-state index in [2.05, 4.69) is 37.8 Å². The fourth-order valence-corrected chi connectivity index (χ4v) is 1.53. The normalized spacial score (nSPS) is 11.7. The van der Waals surface area contributed by atoms with Crippen molar-refractivity contribution < 1.29 is 4.79 Å². The number of rotatable bonds is 8. The van der Waals surface area contributed by atoms with Crippen LogP contribution < -0.4 is 20.9 Å². The maximum atomic E-state index is 11.8. The lowest BCUT2D eigenvalue weighted by Gasteiger charge is -2.16. The van der Waals surface area contributed by atoms with Crippen molar-refractivity contribution in [2.24, 2.45) is 0 Å². The number of amides is 1. The second kappa shape index (κ2) is 8.23. The fourth-order valence-electron chi connectivity index (χ4n) is 1.53. The van der Waals surface area contributed by atoms with E-state index in [1.54, 1.807) is 11.8 Å². The van der Waals surface area contributed by atoms with Gasteiger partial charge in [0.05, 0.1) is 0 Å². The van der Waals surface area contributed by atoms with Crippen LogP contribution in [0.3, 0.4) is 0 Å². The first-order valence-electron chi connectivity index (χ1n) is 7.19. The number of nitrogens with zero attached hydrogens (tertiary/aromatic N) is 4. The molecule has 21 heavy (non-hydrogen) atoms. The zero-order valence-corrected chi connectivity index (χ0v) is 13.4. The molecule has 1 atom stereocenters. The lowest BCUT2D eigenvalue weighted by molar-refractivity contribution is -0.121. The van der Waals surface area contributed by atoms with Crippen molar-refractivity contribution in [1.82, 2.24) is 20.3 Å². The summed E-state index contributed by atoms with van der Waals surface area (Å²) in [6, 6.07) is -0.415. The molecule has 0 spiro atoms. The SMILES string of the molecule is CCCNc1nc(NC(C)C(=O)NCC)nc(N(C)C)n1. The van der Waals surface area contributed by atoms with Crippen LogP contribution in [0.2, 0.25) is 0 Å². The van der Waals surface area contributed by atoms with E-state index >= 15 is 0 Å². The molecule has 0 aliphatic rings. The van der Waals surface area contributed by atoms with Gasteiger partial charge in [0, 0.05) is 27.2 Å². The highest BCUT2D eigenvalue weighted by Gasteiger charge is 2.15. The Hall–Kier alpha value is -2.12. The molecule has 8 heteroatoms. The average Bonchev–Trinajstić information content (AvgIpc) is 2.45. The van der Waals surface area contributed by atoms with E-state index in [4.69, 9.17) is 0 Å². The van der Waals surface area contributed by atoms with Gasteiger partial charge in [-0.15, -0.1) is 0 Å². The van der Waals surface area contributed by atoms with E-state index in [1.165, 1.54) is 0 Å². The Bertz CT molecular complexity index is 464. The summed E-state index contributed by atoms with van der Waals surface area (Å²) < 4.78 is 0. The van der Waals surface area contributed by atoms with E-state index in [0.29, 0.717) is 24.4 Å².